The normalized spacial score (nSPS) is 22.4. The Hall–Kier alpha value is -1.59. The molecule has 2 heterocycles. The van der Waals surface area contributed by atoms with Crippen LogP contribution in [0.15, 0.2) is 6.20 Å². The molecule has 2 fully saturated rings. The van der Waals surface area contributed by atoms with E-state index in [4.69, 9.17) is 0 Å². The molecule has 1 aliphatic heterocycles. The molecule has 0 bridgehead atoms. The van der Waals surface area contributed by atoms with Crippen LogP contribution in [0.4, 0.5) is 4.79 Å². The standard InChI is InChI=1S/C20H35N5O/c1-16(2)12-19-15-25(23-22-19)14-17-8-7-11-24(13-17)20(26)21-18-9-5-3-4-6-10-18/h15-18H,3-14H2,1-2H3,(H,21,26)/t17-/m0/s1. The van der Waals surface area contributed by atoms with Gasteiger partial charge in [0.05, 0.1) is 5.69 Å². The van der Waals surface area contributed by atoms with Crippen molar-refractivity contribution < 1.29 is 4.79 Å². The number of nitrogens with zero attached hydrogens (tertiary/aromatic N) is 4. The second kappa shape index (κ2) is 9.38. The molecule has 2 amide bonds. The summed E-state index contributed by atoms with van der Waals surface area (Å²) in [5, 5.41) is 11.9. The maximum absolute atomic E-state index is 12.7. The minimum Gasteiger partial charge on any atom is -0.335 e. The number of piperidine rings is 1. The fraction of sp³-hybridized carbons (Fsp3) is 0.850. The third-order valence-corrected chi connectivity index (χ3v) is 5.64. The first kappa shape index (κ1) is 19.2. The lowest BCUT2D eigenvalue weighted by atomic mass is 9.98. The van der Waals surface area contributed by atoms with Crippen molar-refractivity contribution in [2.45, 2.75) is 84.2 Å². The van der Waals surface area contributed by atoms with E-state index in [1.54, 1.807) is 0 Å². The monoisotopic (exact) mass is 361 g/mol. The molecule has 1 aliphatic carbocycles. The average molecular weight is 362 g/mol. The van der Waals surface area contributed by atoms with Crippen molar-refractivity contribution in [3.8, 4) is 0 Å². The van der Waals surface area contributed by atoms with E-state index in [9.17, 15) is 4.79 Å². The fourth-order valence-corrected chi connectivity index (χ4v) is 4.29. The van der Waals surface area contributed by atoms with Crippen LogP contribution in [0.25, 0.3) is 0 Å². The highest BCUT2D eigenvalue weighted by molar-refractivity contribution is 5.74. The summed E-state index contributed by atoms with van der Waals surface area (Å²) in [6.07, 6.45) is 12.7. The minimum atomic E-state index is 0.140. The van der Waals surface area contributed by atoms with Gasteiger partial charge in [0.1, 0.15) is 0 Å². The van der Waals surface area contributed by atoms with Crippen LogP contribution in [0.1, 0.15) is 70.9 Å². The quantitative estimate of drug-likeness (QED) is 0.815. The largest absolute Gasteiger partial charge is 0.335 e. The van der Waals surface area contributed by atoms with Gasteiger partial charge in [-0.15, -0.1) is 5.10 Å². The van der Waals surface area contributed by atoms with Gasteiger partial charge in [-0.2, -0.15) is 0 Å². The molecule has 1 aromatic rings. The maximum atomic E-state index is 12.7. The van der Waals surface area contributed by atoms with Gasteiger partial charge in [0.2, 0.25) is 0 Å². The molecule has 1 aromatic heterocycles. The van der Waals surface area contributed by atoms with E-state index in [1.807, 2.05) is 9.58 Å². The third kappa shape index (κ3) is 5.71. The van der Waals surface area contributed by atoms with Crippen molar-refractivity contribution in [2.24, 2.45) is 11.8 Å². The van der Waals surface area contributed by atoms with Crippen molar-refractivity contribution in [3.63, 3.8) is 0 Å². The van der Waals surface area contributed by atoms with E-state index in [-0.39, 0.29) is 6.03 Å². The molecule has 0 spiro atoms. The smallest absolute Gasteiger partial charge is 0.317 e. The van der Waals surface area contributed by atoms with Crippen LogP contribution in [-0.2, 0) is 13.0 Å². The molecular formula is C20H35N5O. The van der Waals surface area contributed by atoms with Crippen molar-refractivity contribution in [3.05, 3.63) is 11.9 Å². The van der Waals surface area contributed by atoms with Gasteiger partial charge in [-0.25, -0.2) is 4.79 Å². The zero-order valence-electron chi connectivity index (χ0n) is 16.5. The lowest BCUT2D eigenvalue weighted by molar-refractivity contribution is 0.153. The number of nitrogens with one attached hydrogen (secondary N) is 1. The van der Waals surface area contributed by atoms with Crippen molar-refractivity contribution >= 4 is 6.03 Å². The van der Waals surface area contributed by atoms with Crippen LogP contribution in [0, 0.1) is 11.8 Å². The number of rotatable bonds is 5. The van der Waals surface area contributed by atoms with Gasteiger partial charge in [-0.05, 0) is 43.9 Å². The molecule has 1 saturated heterocycles. The number of amides is 2. The number of hydrogen-bond acceptors (Lipinski definition) is 3. The van der Waals surface area contributed by atoms with Crippen LogP contribution in [-0.4, -0.2) is 45.1 Å². The number of urea groups is 1. The molecule has 146 valence electrons. The Balaban J connectivity index is 1.48. The third-order valence-electron chi connectivity index (χ3n) is 5.64. The van der Waals surface area contributed by atoms with E-state index in [0.717, 1.165) is 57.4 Å². The Morgan fingerprint density at radius 3 is 2.69 bits per heavy atom. The first-order chi connectivity index (χ1) is 12.6. The fourth-order valence-electron chi connectivity index (χ4n) is 4.29. The van der Waals surface area contributed by atoms with Gasteiger partial charge in [0.25, 0.3) is 0 Å². The molecule has 1 atom stereocenters. The van der Waals surface area contributed by atoms with E-state index in [2.05, 4.69) is 35.7 Å². The Kier molecular flexibility index (Phi) is 6.92. The summed E-state index contributed by atoms with van der Waals surface area (Å²) in [7, 11) is 0. The molecule has 6 heteroatoms. The number of carbonyl (C=O) groups is 1. The van der Waals surface area contributed by atoms with E-state index < -0.39 is 0 Å². The number of aromatic nitrogens is 3. The zero-order valence-corrected chi connectivity index (χ0v) is 16.5. The number of hydrogen-bond donors (Lipinski definition) is 1. The molecule has 6 nitrogen and oxygen atoms in total. The summed E-state index contributed by atoms with van der Waals surface area (Å²) in [5.74, 6) is 1.07. The Morgan fingerprint density at radius 1 is 1.19 bits per heavy atom. The van der Waals surface area contributed by atoms with Gasteiger partial charge in [0.15, 0.2) is 0 Å². The van der Waals surface area contributed by atoms with E-state index >= 15 is 0 Å². The highest BCUT2D eigenvalue weighted by Crippen LogP contribution is 2.20. The highest BCUT2D eigenvalue weighted by atomic mass is 16.2. The van der Waals surface area contributed by atoms with Gasteiger partial charge >= 0.3 is 6.03 Å². The van der Waals surface area contributed by atoms with Gasteiger partial charge in [0, 0.05) is 31.9 Å². The summed E-state index contributed by atoms with van der Waals surface area (Å²) in [5.41, 5.74) is 1.07. The second-order valence-corrected chi connectivity index (χ2v) is 8.62. The van der Waals surface area contributed by atoms with Crippen molar-refractivity contribution in [1.29, 1.82) is 0 Å². The lowest BCUT2D eigenvalue weighted by Gasteiger charge is -2.33. The minimum absolute atomic E-state index is 0.140. The van der Waals surface area contributed by atoms with E-state index in [1.165, 1.54) is 25.7 Å². The summed E-state index contributed by atoms with van der Waals surface area (Å²) in [4.78, 5) is 14.7. The molecule has 0 aromatic carbocycles. The van der Waals surface area contributed by atoms with Crippen LogP contribution in [0.3, 0.4) is 0 Å². The number of carbonyl (C=O) groups excluding carboxylic acids is 1. The van der Waals surface area contributed by atoms with Crippen molar-refractivity contribution in [2.75, 3.05) is 13.1 Å². The summed E-state index contributed by atoms with van der Waals surface area (Å²) >= 11 is 0. The van der Waals surface area contributed by atoms with Crippen LogP contribution < -0.4 is 5.32 Å². The summed E-state index contributed by atoms with van der Waals surface area (Å²) in [6, 6.07) is 0.514. The second-order valence-electron chi connectivity index (χ2n) is 8.62. The van der Waals surface area contributed by atoms with Gasteiger partial charge < -0.3 is 10.2 Å². The lowest BCUT2D eigenvalue weighted by Crippen LogP contribution is -2.49. The predicted molar refractivity (Wildman–Crippen MR) is 103 cm³/mol. The molecule has 2 aliphatic rings. The first-order valence-electron chi connectivity index (χ1n) is 10.5. The topological polar surface area (TPSA) is 63.1 Å². The SMILES string of the molecule is CC(C)Cc1cn(C[C@H]2CCCN(C(=O)NC3CCCCCC3)C2)nn1. The predicted octanol–water partition coefficient (Wildman–Crippen LogP) is 3.62. The van der Waals surface area contributed by atoms with Gasteiger partial charge in [-0.1, -0.05) is 44.7 Å². The molecule has 0 radical (unpaired) electrons. The molecule has 1 saturated carbocycles. The maximum Gasteiger partial charge on any atom is 0.317 e. The highest BCUT2D eigenvalue weighted by Gasteiger charge is 2.26. The van der Waals surface area contributed by atoms with Crippen LogP contribution >= 0.6 is 0 Å². The van der Waals surface area contributed by atoms with Crippen LogP contribution in [0.2, 0.25) is 0 Å². The molecule has 0 unspecified atom stereocenters. The molecule has 1 N–H and O–H groups in total. The van der Waals surface area contributed by atoms with Crippen molar-refractivity contribution in [1.82, 2.24) is 25.2 Å². The molecule has 26 heavy (non-hydrogen) atoms. The molecular weight excluding hydrogens is 326 g/mol. The zero-order chi connectivity index (χ0) is 18.4. The van der Waals surface area contributed by atoms with Gasteiger partial charge in [-0.3, -0.25) is 4.68 Å². The Bertz CT molecular complexity index is 562. The summed E-state index contributed by atoms with van der Waals surface area (Å²) < 4.78 is 1.97. The Morgan fingerprint density at radius 2 is 1.96 bits per heavy atom. The summed E-state index contributed by atoms with van der Waals surface area (Å²) in [6.45, 7) is 6.97. The average Bonchev–Trinajstić information content (AvgIpc) is 2.88. The number of likely N-dealkylation sites (tertiary alicyclic amines) is 1. The van der Waals surface area contributed by atoms with Crippen LogP contribution in [0.5, 0.6) is 0 Å². The Labute approximate surface area is 157 Å². The first-order valence-corrected chi connectivity index (χ1v) is 10.5. The van der Waals surface area contributed by atoms with E-state index in [0.29, 0.717) is 17.9 Å². The molecule has 3 rings (SSSR count).